The van der Waals surface area contributed by atoms with Gasteiger partial charge in [0.05, 0.1) is 6.61 Å². The maximum absolute atomic E-state index is 5.79. The van der Waals surface area contributed by atoms with Crippen LogP contribution in [0.15, 0.2) is 11.4 Å². The summed E-state index contributed by atoms with van der Waals surface area (Å²) in [6.07, 6.45) is 4.12. The molecule has 1 saturated carbocycles. The van der Waals surface area contributed by atoms with Gasteiger partial charge in [-0.15, -0.1) is 11.3 Å². The van der Waals surface area contributed by atoms with Crippen molar-refractivity contribution < 1.29 is 4.74 Å². The van der Waals surface area contributed by atoms with Crippen LogP contribution in [0.3, 0.4) is 0 Å². The lowest BCUT2D eigenvalue weighted by Crippen LogP contribution is -2.27. The third-order valence-electron chi connectivity index (χ3n) is 2.93. The highest BCUT2D eigenvalue weighted by molar-refractivity contribution is 7.10. The van der Waals surface area contributed by atoms with E-state index in [0.29, 0.717) is 6.10 Å². The topological polar surface area (TPSA) is 21.3 Å². The maximum atomic E-state index is 5.79. The average molecular weight is 209 g/mol. The van der Waals surface area contributed by atoms with Crippen LogP contribution in [-0.4, -0.2) is 19.2 Å². The molecule has 1 atom stereocenters. The Balaban J connectivity index is 1.68. The Morgan fingerprint density at radius 1 is 1.50 bits per heavy atom. The molecule has 1 aliphatic heterocycles. The van der Waals surface area contributed by atoms with E-state index in [0.717, 1.165) is 25.6 Å². The largest absolute Gasteiger partial charge is 0.371 e. The van der Waals surface area contributed by atoms with Crippen molar-refractivity contribution >= 4 is 11.3 Å². The standard InChI is InChI=1S/C11H15NOS/c1-2-9(1)12-7-10-11-8(3-5-13-10)4-6-14-11/h4,6,9-10,12H,1-3,5,7H2/t10-/m1/s1. The third kappa shape index (κ3) is 1.72. The minimum Gasteiger partial charge on any atom is -0.371 e. The molecule has 1 aromatic rings. The molecule has 2 heterocycles. The second-order valence-electron chi connectivity index (χ2n) is 4.10. The van der Waals surface area contributed by atoms with Gasteiger partial charge in [0.15, 0.2) is 0 Å². The normalized spacial score (nSPS) is 26.1. The maximum Gasteiger partial charge on any atom is 0.104 e. The van der Waals surface area contributed by atoms with Crippen LogP contribution in [0, 0.1) is 0 Å². The van der Waals surface area contributed by atoms with Gasteiger partial charge in [-0.25, -0.2) is 0 Å². The van der Waals surface area contributed by atoms with Crippen LogP contribution in [0.2, 0.25) is 0 Å². The van der Waals surface area contributed by atoms with E-state index in [-0.39, 0.29) is 0 Å². The molecule has 1 fully saturated rings. The number of hydrogen-bond donors (Lipinski definition) is 1. The molecule has 0 amide bonds. The van der Waals surface area contributed by atoms with Crippen molar-refractivity contribution in [2.24, 2.45) is 0 Å². The Morgan fingerprint density at radius 2 is 2.43 bits per heavy atom. The second-order valence-corrected chi connectivity index (χ2v) is 5.05. The Bertz CT molecular complexity index is 319. The van der Waals surface area contributed by atoms with Gasteiger partial charge in [-0.3, -0.25) is 0 Å². The van der Waals surface area contributed by atoms with Gasteiger partial charge in [0, 0.05) is 17.5 Å². The average Bonchev–Trinajstić information content (AvgIpc) is 2.91. The van der Waals surface area contributed by atoms with Crippen molar-refractivity contribution in [1.82, 2.24) is 5.32 Å². The van der Waals surface area contributed by atoms with E-state index in [1.54, 1.807) is 0 Å². The molecule has 2 nitrogen and oxygen atoms in total. The first kappa shape index (κ1) is 8.89. The van der Waals surface area contributed by atoms with Gasteiger partial charge in [0.1, 0.15) is 6.10 Å². The van der Waals surface area contributed by atoms with Crippen LogP contribution in [-0.2, 0) is 11.2 Å². The van der Waals surface area contributed by atoms with Gasteiger partial charge in [0.2, 0.25) is 0 Å². The van der Waals surface area contributed by atoms with Crippen LogP contribution < -0.4 is 5.32 Å². The molecule has 1 aromatic heterocycles. The molecule has 3 heteroatoms. The molecule has 3 rings (SSSR count). The van der Waals surface area contributed by atoms with Crippen molar-refractivity contribution in [2.75, 3.05) is 13.2 Å². The summed E-state index contributed by atoms with van der Waals surface area (Å²) in [6, 6.07) is 3.02. The summed E-state index contributed by atoms with van der Waals surface area (Å²) in [7, 11) is 0. The Labute approximate surface area is 88.3 Å². The molecule has 0 unspecified atom stereocenters. The molecule has 76 valence electrons. The predicted octanol–water partition coefficient (Wildman–Crippen LogP) is 2.11. The first-order valence-corrected chi connectivity index (χ1v) is 6.23. The fraction of sp³-hybridized carbons (Fsp3) is 0.636. The molecule has 0 bridgehead atoms. The van der Waals surface area contributed by atoms with Gasteiger partial charge in [-0.1, -0.05) is 0 Å². The zero-order valence-electron chi connectivity index (χ0n) is 8.16. The molecule has 0 radical (unpaired) electrons. The van der Waals surface area contributed by atoms with E-state index in [1.165, 1.54) is 23.3 Å². The summed E-state index contributed by atoms with van der Waals surface area (Å²) in [4.78, 5) is 1.45. The van der Waals surface area contributed by atoms with E-state index < -0.39 is 0 Å². The number of ether oxygens (including phenoxy) is 1. The molecular weight excluding hydrogens is 194 g/mol. The zero-order chi connectivity index (χ0) is 9.38. The number of rotatable bonds is 3. The number of hydrogen-bond acceptors (Lipinski definition) is 3. The van der Waals surface area contributed by atoms with E-state index in [4.69, 9.17) is 4.74 Å². The molecule has 0 aromatic carbocycles. The van der Waals surface area contributed by atoms with Crippen molar-refractivity contribution in [2.45, 2.75) is 31.4 Å². The summed E-state index contributed by atoms with van der Waals surface area (Å²) in [5.41, 5.74) is 1.50. The van der Waals surface area contributed by atoms with Crippen molar-refractivity contribution in [1.29, 1.82) is 0 Å². The first-order valence-electron chi connectivity index (χ1n) is 5.35. The smallest absolute Gasteiger partial charge is 0.104 e. The minimum atomic E-state index is 0.319. The molecule has 0 saturated heterocycles. The van der Waals surface area contributed by atoms with Crippen molar-refractivity contribution in [3.05, 3.63) is 21.9 Å². The lowest BCUT2D eigenvalue weighted by molar-refractivity contribution is 0.0453. The highest BCUT2D eigenvalue weighted by Gasteiger charge is 2.26. The van der Waals surface area contributed by atoms with Crippen LogP contribution in [0.4, 0.5) is 0 Å². The molecule has 1 aliphatic carbocycles. The Hall–Kier alpha value is -0.380. The van der Waals surface area contributed by atoms with Gasteiger partial charge in [-0.05, 0) is 36.3 Å². The van der Waals surface area contributed by atoms with Crippen LogP contribution in [0.25, 0.3) is 0 Å². The van der Waals surface area contributed by atoms with Crippen LogP contribution in [0.5, 0.6) is 0 Å². The second kappa shape index (κ2) is 3.65. The van der Waals surface area contributed by atoms with Gasteiger partial charge in [-0.2, -0.15) is 0 Å². The lowest BCUT2D eigenvalue weighted by atomic mass is 10.1. The van der Waals surface area contributed by atoms with E-state index >= 15 is 0 Å². The zero-order valence-corrected chi connectivity index (χ0v) is 8.98. The number of fused-ring (bicyclic) bond motifs is 1. The van der Waals surface area contributed by atoms with Crippen LogP contribution in [0.1, 0.15) is 29.4 Å². The highest BCUT2D eigenvalue weighted by atomic mass is 32.1. The molecule has 14 heavy (non-hydrogen) atoms. The van der Waals surface area contributed by atoms with Crippen molar-refractivity contribution in [3.8, 4) is 0 Å². The van der Waals surface area contributed by atoms with Crippen LogP contribution >= 0.6 is 11.3 Å². The number of nitrogens with one attached hydrogen (secondary N) is 1. The summed E-state index contributed by atoms with van der Waals surface area (Å²) >= 11 is 1.84. The summed E-state index contributed by atoms with van der Waals surface area (Å²) in [5.74, 6) is 0. The van der Waals surface area contributed by atoms with Gasteiger partial charge in [0.25, 0.3) is 0 Å². The molecule has 2 aliphatic rings. The summed E-state index contributed by atoms with van der Waals surface area (Å²) < 4.78 is 5.79. The Morgan fingerprint density at radius 3 is 3.29 bits per heavy atom. The molecule has 0 spiro atoms. The van der Waals surface area contributed by atoms with Crippen molar-refractivity contribution in [3.63, 3.8) is 0 Å². The van der Waals surface area contributed by atoms with Gasteiger partial charge >= 0.3 is 0 Å². The number of thiophene rings is 1. The molecular formula is C11H15NOS. The van der Waals surface area contributed by atoms with E-state index in [2.05, 4.69) is 16.8 Å². The van der Waals surface area contributed by atoms with Gasteiger partial charge < -0.3 is 10.1 Å². The predicted molar refractivity (Wildman–Crippen MR) is 57.7 cm³/mol. The molecule has 1 N–H and O–H groups in total. The monoisotopic (exact) mass is 209 g/mol. The Kier molecular flexibility index (Phi) is 2.32. The summed E-state index contributed by atoms with van der Waals surface area (Å²) in [5, 5.41) is 5.72. The lowest BCUT2D eigenvalue weighted by Gasteiger charge is -2.23. The quantitative estimate of drug-likeness (QED) is 0.823. The van der Waals surface area contributed by atoms with E-state index in [1.807, 2.05) is 11.3 Å². The third-order valence-corrected chi connectivity index (χ3v) is 3.98. The highest BCUT2D eigenvalue weighted by Crippen LogP contribution is 2.32. The van der Waals surface area contributed by atoms with E-state index in [9.17, 15) is 0 Å². The fourth-order valence-electron chi connectivity index (χ4n) is 1.94. The first-order chi connectivity index (χ1) is 6.93. The fourth-order valence-corrected chi connectivity index (χ4v) is 2.94. The minimum absolute atomic E-state index is 0.319. The summed E-state index contributed by atoms with van der Waals surface area (Å²) in [6.45, 7) is 1.89. The SMILES string of the molecule is c1cc2c(s1)[C@@H](CNC1CC1)OCC2.